The number of urea groups is 1. The number of nitrogens with two attached hydrogens (primary N) is 1. The molecule has 2 bridgehead atoms. The summed E-state index contributed by atoms with van der Waals surface area (Å²) in [7, 11) is 0. The molecule has 3 aliphatic rings. The largest absolute Gasteiger partial charge is 0.350 e. The lowest BCUT2D eigenvalue weighted by Crippen LogP contribution is -2.52. The van der Waals surface area contributed by atoms with Crippen molar-refractivity contribution in [2.75, 3.05) is 0 Å². The molecule has 0 aromatic rings. The van der Waals surface area contributed by atoms with Gasteiger partial charge in [0.1, 0.15) is 0 Å². The van der Waals surface area contributed by atoms with E-state index in [1.54, 1.807) is 0 Å². The summed E-state index contributed by atoms with van der Waals surface area (Å²) in [4.78, 5) is 10.6. The smallest absolute Gasteiger partial charge is 0.332 e. The van der Waals surface area contributed by atoms with Gasteiger partial charge >= 0.3 is 6.03 Å². The van der Waals surface area contributed by atoms with Gasteiger partial charge in [-0.25, -0.2) is 10.2 Å². The maximum absolute atomic E-state index is 10.6. The molecule has 3 rings (SSSR count). The van der Waals surface area contributed by atoms with Crippen LogP contribution in [0.4, 0.5) is 4.79 Å². The molecule has 0 saturated heterocycles. The Morgan fingerprint density at radius 2 is 2.27 bits per heavy atom. The lowest BCUT2D eigenvalue weighted by atomic mass is 9.48. The number of carbonyl (C=O) groups is 1. The topological polar surface area (TPSA) is 67.5 Å². The first-order chi connectivity index (χ1) is 6.93. The summed E-state index contributed by atoms with van der Waals surface area (Å²) < 4.78 is 0. The van der Waals surface area contributed by atoms with E-state index >= 15 is 0 Å². The first kappa shape index (κ1) is 10.2. The lowest BCUT2D eigenvalue weighted by Gasteiger charge is -2.56. The van der Waals surface area contributed by atoms with Gasteiger partial charge in [-0.2, -0.15) is 5.10 Å². The molecule has 4 heteroatoms. The SMILES string of the molecule is CC1=C/C(=N\NC(N)=O)C2CC1C2(C)C. The Morgan fingerprint density at radius 3 is 2.73 bits per heavy atom. The quantitative estimate of drug-likeness (QED) is 0.630. The second-order valence-electron chi connectivity index (χ2n) is 5.06. The fourth-order valence-corrected chi connectivity index (χ4v) is 2.86. The van der Waals surface area contributed by atoms with Gasteiger partial charge in [-0.3, -0.25) is 0 Å². The second kappa shape index (κ2) is 3.08. The highest BCUT2D eigenvalue weighted by atomic mass is 16.2. The number of amides is 2. The summed E-state index contributed by atoms with van der Waals surface area (Å²) in [6, 6.07) is -0.604. The van der Waals surface area contributed by atoms with E-state index in [9.17, 15) is 4.79 Å². The van der Waals surface area contributed by atoms with Crippen LogP contribution in [-0.4, -0.2) is 11.7 Å². The molecule has 0 aromatic carbocycles. The average Bonchev–Trinajstić information content (AvgIpc) is 2.13. The average molecular weight is 207 g/mol. The van der Waals surface area contributed by atoms with E-state index in [1.807, 2.05) is 0 Å². The number of rotatable bonds is 1. The van der Waals surface area contributed by atoms with Crippen LogP contribution < -0.4 is 11.2 Å². The van der Waals surface area contributed by atoms with Gasteiger partial charge in [-0.1, -0.05) is 19.4 Å². The molecule has 2 unspecified atom stereocenters. The van der Waals surface area contributed by atoms with Crippen molar-refractivity contribution in [2.24, 2.45) is 28.1 Å². The van der Waals surface area contributed by atoms with Crippen molar-refractivity contribution in [1.82, 2.24) is 5.43 Å². The summed E-state index contributed by atoms with van der Waals surface area (Å²) in [6.07, 6.45) is 3.22. The minimum absolute atomic E-state index is 0.275. The standard InChI is InChI=1S/C11H17N3O/c1-6-4-9(13-14-10(12)15)8-5-7(6)11(8,2)3/h4,7-8H,5H2,1-3H3,(H3,12,14,15)/b13-9+. The molecule has 2 atom stereocenters. The Bertz CT molecular complexity index is 368. The van der Waals surface area contributed by atoms with E-state index in [-0.39, 0.29) is 5.41 Å². The Morgan fingerprint density at radius 1 is 1.60 bits per heavy atom. The summed E-state index contributed by atoms with van der Waals surface area (Å²) in [5, 5.41) is 4.06. The van der Waals surface area contributed by atoms with Gasteiger partial charge in [-0.15, -0.1) is 0 Å². The van der Waals surface area contributed by atoms with Crippen LogP contribution in [0, 0.1) is 17.3 Å². The Hall–Kier alpha value is -1.32. The first-order valence-electron chi connectivity index (χ1n) is 5.24. The third kappa shape index (κ3) is 1.44. The molecule has 0 heterocycles. The maximum Gasteiger partial charge on any atom is 0.332 e. The predicted octanol–water partition coefficient (Wildman–Crippen LogP) is 1.63. The number of fused-ring (bicyclic) bond motifs is 1. The van der Waals surface area contributed by atoms with E-state index in [2.05, 4.69) is 37.4 Å². The predicted molar refractivity (Wildman–Crippen MR) is 59.3 cm³/mol. The van der Waals surface area contributed by atoms with Crippen molar-refractivity contribution in [2.45, 2.75) is 27.2 Å². The lowest BCUT2D eigenvalue weighted by molar-refractivity contribution is 0.0467. The van der Waals surface area contributed by atoms with Gasteiger partial charge in [-0.05, 0) is 30.8 Å². The number of hydrogen-bond donors (Lipinski definition) is 2. The van der Waals surface area contributed by atoms with Gasteiger partial charge in [0.2, 0.25) is 0 Å². The van der Waals surface area contributed by atoms with Crippen molar-refractivity contribution < 1.29 is 4.79 Å². The number of allylic oxidation sites excluding steroid dienone is 2. The van der Waals surface area contributed by atoms with E-state index in [0.717, 1.165) is 12.1 Å². The van der Waals surface area contributed by atoms with Crippen molar-refractivity contribution >= 4 is 11.7 Å². The van der Waals surface area contributed by atoms with Crippen molar-refractivity contribution in [3.05, 3.63) is 11.6 Å². The van der Waals surface area contributed by atoms with Crippen LogP contribution in [0.1, 0.15) is 27.2 Å². The molecule has 0 aromatic heterocycles. The van der Waals surface area contributed by atoms with Crippen molar-refractivity contribution in [3.63, 3.8) is 0 Å². The summed E-state index contributed by atoms with van der Waals surface area (Å²) in [5.74, 6) is 1.13. The molecule has 4 nitrogen and oxygen atoms in total. The zero-order valence-corrected chi connectivity index (χ0v) is 9.37. The molecule has 0 spiro atoms. The molecule has 0 aliphatic heterocycles. The summed E-state index contributed by atoms with van der Waals surface area (Å²) >= 11 is 0. The second-order valence-corrected chi connectivity index (χ2v) is 5.06. The molecule has 3 N–H and O–H groups in total. The Balaban J connectivity index is 2.25. The fourth-order valence-electron chi connectivity index (χ4n) is 2.86. The zero-order chi connectivity index (χ0) is 11.2. The van der Waals surface area contributed by atoms with Gasteiger partial charge in [0.05, 0.1) is 5.71 Å². The van der Waals surface area contributed by atoms with Gasteiger partial charge in [0.15, 0.2) is 0 Å². The molecule has 3 aliphatic carbocycles. The van der Waals surface area contributed by atoms with Gasteiger partial charge < -0.3 is 5.73 Å². The van der Waals surface area contributed by atoms with Crippen LogP contribution >= 0.6 is 0 Å². The van der Waals surface area contributed by atoms with Crippen LogP contribution in [0.15, 0.2) is 16.8 Å². The molecule has 1 saturated carbocycles. The summed E-state index contributed by atoms with van der Waals surface area (Å²) in [6.45, 7) is 6.63. The highest BCUT2D eigenvalue weighted by Crippen LogP contribution is 2.57. The molecule has 82 valence electrons. The fraction of sp³-hybridized carbons (Fsp3) is 0.636. The zero-order valence-electron chi connectivity index (χ0n) is 9.37. The number of primary amides is 1. The van der Waals surface area contributed by atoms with Crippen LogP contribution in [0.5, 0.6) is 0 Å². The minimum Gasteiger partial charge on any atom is -0.350 e. The molecule has 1 fully saturated rings. The van der Waals surface area contributed by atoms with E-state index in [0.29, 0.717) is 11.8 Å². The van der Waals surface area contributed by atoms with Crippen molar-refractivity contribution in [3.8, 4) is 0 Å². The first-order valence-corrected chi connectivity index (χ1v) is 5.24. The van der Waals surface area contributed by atoms with E-state index in [4.69, 9.17) is 5.73 Å². The molecular weight excluding hydrogens is 190 g/mol. The number of hydrazone groups is 1. The van der Waals surface area contributed by atoms with Crippen LogP contribution in [0.25, 0.3) is 0 Å². The van der Waals surface area contributed by atoms with Gasteiger partial charge in [0, 0.05) is 5.92 Å². The van der Waals surface area contributed by atoms with Crippen LogP contribution in [0.3, 0.4) is 0 Å². The number of nitrogens with zero attached hydrogens (tertiary/aromatic N) is 1. The van der Waals surface area contributed by atoms with Crippen LogP contribution in [0.2, 0.25) is 0 Å². The highest BCUT2D eigenvalue weighted by molar-refractivity contribution is 6.01. The third-order valence-corrected chi connectivity index (χ3v) is 3.85. The number of hydrogen-bond acceptors (Lipinski definition) is 2. The maximum atomic E-state index is 10.6. The Labute approximate surface area is 89.6 Å². The third-order valence-electron chi connectivity index (χ3n) is 3.85. The highest BCUT2D eigenvalue weighted by Gasteiger charge is 2.53. The minimum atomic E-state index is -0.604. The molecular formula is C11H17N3O. The molecule has 15 heavy (non-hydrogen) atoms. The van der Waals surface area contributed by atoms with E-state index < -0.39 is 6.03 Å². The molecule has 2 amide bonds. The normalized spacial score (nSPS) is 34.3. The molecule has 0 radical (unpaired) electrons. The Kier molecular flexibility index (Phi) is 2.10. The monoisotopic (exact) mass is 207 g/mol. The number of nitrogens with one attached hydrogen (secondary N) is 1. The number of carbonyl (C=O) groups excluding carboxylic acids is 1. The summed E-state index contributed by atoms with van der Waals surface area (Å²) in [5.41, 5.74) is 9.89. The van der Waals surface area contributed by atoms with Crippen molar-refractivity contribution in [1.29, 1.82) is 0 Å². The van der Waals surface area contributed by atoms with Gasteiger partial charge in [0.25, 0.3) is 0 Å². The van der Waals surface area contributed by atoms with Crippen LogP contribution in [-0.2, 0) is 0 Å². The van der Waals surface area contributed by atoms with E-state index in [1.165, 1.54) is 5.57 Å².